The minimum atomic E-state index is -0.598. The van der Waals surface area contributed by atoms with Crippen molar-refractivity contribution in [1.29, 1.82) is 0 Å². The van der Waals surface area contributed by atoms with E-state index in [4.69, 9.17) is 15.2 Å². The number of rotatable bonds is 6. The molecule has 1 fully saturated rings. The monoisotopic (exact) mass is 305 g/mol. The maximum absolute atomic E-state index is 11.5. The van der Waals surface area contributed by atoms with Crippen LogP contribution in [-0.2, 0) is 9.59 Å². The van der Waals surface area contributed by atoms with Crippen LogP contribution in [0, 0.1) is 0 Å². The van der Waals surface area contributed by atoms with Gasteiger partial charge in [-0.05, 0) is 30.7 Å². The van der Waals surface area contributed by atoms with Crippen LogP contribution in [0.3, 0.4) is 0 Å². The Morgan fingerprint density at radius 2 is 2.00 bits per heavy atom. The van der Waals surface area contributed by atoms with Crippen molar-refractivity contribution in [1.82, 2.24) is 10.6 Å². The third-order valence-corrected chi connectivity index (χ3v) is 2.67. The molecule has 8 nitrogen and oxygen atoms in total. The number of carbonyl (C=O) groups excluding carboxylic acids is 3. The number of urea groups is 1. The first kappa shape index (κ1) is 15.4. The van der Waals surface area contributed by atoms with Crippen LogP contribution in [0.15, 0.2) is 23.9 Å². The van der Waals surface area contributed by atoms with Gasteiger partial charge in [-0.25, -0.2) is 4.79 Å². The Hall–Kier alpha value is -3.03. The van der Waals surface area contributed by atoms with Crippen molar-refractivity contribution in [3.05, 3.63) is 29.5 Å². The van der Waals surface area contributed by atoms with Crippen molar-refractivity contribution in [2.75, 3.05) is 13.2 Å². The average molecular weight is 305 g/mol. The number of hydrogen-bond acceptors (Lipinski definition) is 5. The predicted molar refractivity (Wildman–Crippen MR) is 77.0 cm³/mol. The van der Waals surface area contributed by atoms with Crippen LogP contribution >= 0.6 is 0 Å². The van der Waals surface area contributed by atoms with E-state index in [1.807, 2.05) is 0 Å². The molecule has 0 radical (unpaired) electrons. The summed E-state index contributed by atoms with van der Waals surface area (Å²) in [7, 11) is 0. The Morgan fingerprint density at radius 1 is 1.23 bits per heavy atom. The second-order valence-electron chi connectivity index (χ2n) is 4.36. The van der Waals surface area contributed by atoms with Gasteiger partial charge in [0.2, 0.25) is 0 Å². The maximum atomic E-state index is 11.5. The Bertz CT molecular complexity index is 654. The molecule has 1 saturated heterocycles. The van der Waals surface area contributed by atoms with Crippen molar-refractivity contribution in [2.45, 2.75) is 6.92 Å². The molecule has 1 aliphatic heterocycles. The summed E-state index contributed by atoms with van der Waals surface area (Å²) >= 11 is 0. The number of amides is 4. The molecule has 0 aromatic heterocycles. The average Bonchev–Trinajstić information content (AvgIpc) is 2.76. The predicted octanol–water partition coefficient (Wildman–Crippen LogP) is 0.130. The molecule has 22 heavy (non-hydrogen) atoms. The fourth-order valence-corrected chi connectivity index (χ4v) is 1.80. The van der Waals surface area contributed by atoms with E-state index in [0.29, 0.717) is 23.7 Å². The van der Waals surface area contributed by atoms with E-state index < -0.39 is 17.8 Å². The van der Waals surface area contributed by atoms with Crippen molar-refractivity contribution >= 4 is 23.9 Å². The minimum absolute atomic E-state index is 0.137. The summed E-state index contributed by atoms with van der Waals surface area (Å²) in [5, 5.41) is 4.49. The standard InChI is InChI=1S/C14H15N3O5/c1-2-21-11-6-8(3-4-10(11)22-7-12(15)18)5-9-13(19)17-14(20)16-9/h3-6H,2,7H2,1H3,(H2,15,18)(H2,16,17,19,20)/b9-5+. The molecule has 0 bridgehead atoms. The number of carbonyl (C=O) groups is 3. The van der Waals surface area contributed by atoms with Gasteiger partial charge in [0, 0.05) is 0 Å². The van der Waals surface area contributed by atoms with Gasteiger partial charge in [0.25, 0.3) is 11.8 Å². The zero-order valence-corrected chi connectivity index (χ0v) is 11.8. The number of hydrogen-bond donors (Lipinski definition) is 3. The molecule has 1 aromatic carbocycles. The molecule has 116 valence electrons. The first-order valence-electron chi connectivity index (χ1n) is 6.51. The summed E-state index contributed by atoms with van der Waals surface area (Å²) in [6, 6.07) is 4.31. The van der Waals surface area contributed by atoms with Crippen LogP contribution in [-0.4, -0.2) is 31.1 Å². The molecule has 1 heterocycles. The first-order chi connectivity index (χ1) is 10.5. The van der Waals surface area contributed by atoms with E-state index in [-0.39, 0.29) is 12.3 Å². The first-order valence-corrected chi connectivity index (χ1v) is 6.51. The SMILES string of the molecule is CCOc1cc(/C=C2/NC(=O)NC2=O)ccc1OCC(N)=O. The molecule has 2 rings (SSSR count). The molecule has 1 aromatic rings. The summed E-state index contributed by atoms with van der Waals surface area (Å²) in [5.74, 6) is -0.332. The maximum Gasteiger partial charge on any atom is 0.326 e. The summed E-state index contributed by atoms with van der Waals surface area (Å²) in [6.45, 7) is 1.93. The van der Waals surface area contributed by atoms with Gasteiger partial charge in [-0.15, -0.1) is 0 Å². The van der Waals surface area contributed by atoms with Gasteiger partial charge in [0.05, 0.1) is 6.61 Å². The van der Waals surface area contributed by atoms with Crippen LogP contribution in [0.2, 0.25) is 0 Å². The van der Waals surface area contributed by atoms with Crippen LogP contribution in [0.5, 0.6) is 11.5 Å². The molecule has 0 atom stereocenters. The highest BCUT2D eigenvalue weighted by atomic mass is 16.5. The quantitative estimate of drug-likeness (QED) is 0.509. The molecule has 8 heteroatoms. The largest absolute Gasteiger partial charge is 0.490 e. The molecule has 0 spiro atoms. The van der Waals surface area contributed by atoms with Gasteiger partial charge < -0.3 is 20.5 Å². The Morgan fingerprint density at radius 3 is 2.59 bits per heavy atom. The lowest BCUT2D eigenvalue weighted by atomic mass is 10.1. The third kappa shape index (κ3) is 3.75. The minimum Gasteiger partial charge on any atom is -0.490 e. The highest BCUT2D eigenvalue weighted by molar-refractivity contribution is 6.14. The van der Waals surface area contributed by atoms with Gasteiger partial charge in [0.1, 0.15) is 5.70 Å². The highest BCUT2D eigenvalue weighted by Gasteiger charge is 2.22. The second kappa shape index (κ2) is 6.61. The molecule has 1 aliphatic rings. The van der Waals surface area contributed by atoms with Gasteiger partial charge in [-0.3, -0.25) is 14.9 Å². The van der Waals surface area contributed by atoms with Gasteiger partial charge in [0.15, 0.2) is 18.1 Å². The van der Waals surface area contributed by atoms with E-state index in [1.165, 1.54) is 6.08 Å². The number of ether oxygens (including phenoxy) is 2. The van der Waals surface area contributed by atoms with Crippen LogP contribution in [0.4, 0.5) is 4.79 Å². The smallest absolute Gasteiger partial charge is 0.326 e. The van der Waals surface area contributed by atoms with Gasteiger partial charge >= 0.3 is 6.03 Å². The van der Waals surface area contributed by atoms with Crippen molar-refractivity contribution in [3.8, 4) is 11.5 Å². The zero-order chi connectivity index (χ0) is 16.1. The molecule has 0 unspecified atom stereocenters. The van der Waals surface area contributed by atoms with E-state index in [0.717, 1.165) is 0 Å². The lowest BCUT2D eigenvalue weighted by Gasteiger charge is -2.11. The van der Waals surface area contributed by atoms with Crippen molar-refractivity contribution in [3.63, 3.8) is 0 Å². The van der Waals surface area contributed by atoms with Gasteiger partial charge in [-0.1, -0.05) is 6.07 Å². The van der Waals surface area contributed by atoms with E-state index >= 15 is 0 Å². The zero-order valence-electron chi connectivity index (χ0n) is 11.8. The molecular formula is C14H15N3O5. The Labute approximate surface area is 126 Å². The number of nitrogens with two attached hydrogens (primary N) is 1. The third-order valence-electron chi connectivity index (χ3n) is 2.67. The van der Waals surface area contributed by atoms with Crippen molar-refractivity contribution < 1.29 is 23.9 Å². The topological polar surface area (TPSA) is 120 Å². The second-order valence-corrected chi connectivity index (χ2v) is 4.36. The number of benzene rings is 1. The van der Waals surface area contributed by atoms with Gasteiger partial charge in [-0.2, -0.15) is 0 Å². The Balaban J connectivity index is 2.25. The normalized spacial score (nSPS) is 15.4. The van der Waals surface area contributed by atoms with Crippen LogP contribution in [0.25, 0.3) is 6.08 Å². The fourth-order valence-electron chi connectivity index (χ4n) is 1.80. The van der Waals surface area contributed by atoms with Crippen molar-refractivity contribution in [2.24, 2.45) is 5.73 Å². The highest BCUT2D eigenvalue weighted by Crippen LogP contribution is 2.29. The summed E-state index contributed by atoms with van der Waals surface area (Å²) in [6.07, 6.45) is 1.50. The Kier molecular flexibility index (Phi) is 4.62. The molecular weight excluding hydrogens is 290 g/mol. The summed E-state index contributed by atoms with van der Waals surface area (Å²) < 4.78 is 10.7. The molecule has 4 N–H and O–H groups in total. The molecule has 4 amide bonds. The number of primary amides is 1. The van der Waals surface area contributed by atoms with E-state index in [9.17, 15) is 14.4 Å². The summed E-state index contributed by atoms with van der Waals surface area (Å²) in [5.41, 5.74) is 5.80. The summed E-state index contributed by atoms with van der Waals surface area (Å²) in [4.78, 5) is 33.3. The number of imide groups is 1. The number of nitrogens with one attached hydrogen (secondary N) is 2. The molecule has 0 aliphatic carbocycles. The van der Waals surface area contributed by atoms with E-state index in [2.05, 4.69) is 10.6 Å². The fraction of sp³-hybridized carbons (Fsp3) is 0.214. The lowest BCUT2D eigenvalue weighted by Crippen LogP contribution is -2.22. The van der Waals surface area contributed by atoms with Crippen LogP contribution in [0.1, 0.15) is 12.5 Å². The molecule has 0 saturated carbocycles. The lowest BCUT2D eigenvalue weighted by molar-refractivity contribution is -0.120. The van der Waals surface area contributed by atoms with E-state index in [1.54, 1.807) is 25.1 Å². The van der Waals surface area contributed by atoms with Crippen LogP contribution < -0.4 is 25.8 Å².